The van der Waals surface area contributed by atoms with Gasteiger partial charge in [0, 0.05) is 11.8 Å². The highest BCUT2D eigenvalue weighted by Crippen LogP contribution is 2.28. The molecule has 0 heterocycles. The van der Waals surface area contributed by atoms with Gasteiger partial charge < -0.3 is 10.1 Å². The van der Waals surface area contributed by atoms with Crippen molar-refractivity contribution >= 4 is 17.3 Å². The number of nitro groups is 1. The zero-order valence-corrected chi connectivity index (χ0v) is 13.4. The van der Waals surface area contributed by atoms with E-state index in [1.807, 2.05) is 18.2 Å². The van der Waals surface area contributed by atoms with Crippen LogP contribution >= 0.6 is 0 Å². The number of fused-ring (bicyclic) bond motifs is 1. The Kier molecular flexibility index (Phi) is 4.46. The number of benzene rings is 2. The Morgan fingerprint density at radius 1 is 1.21 bits per heavy atom. The van der Waals surface area contributed by atoms with E-state index in [-0.39, 0.29) is 24.0 Å². The first kappa shape index (κ1) is 16.0. The Hall–Kier alpha value is -2.89. The first-order chi connectivity index (χ1) is 11.5. The molecule has 0 fully saturated rings. The maximum absolute atomic E-state index is 12.0. The zero-order valence-electron chi connectivity index (χ0n) is 13.4. The molecule has 0 radical (unpaired) electrons. The van der Waals surface area contributed by atoms with Gasteiger partial charge in [0.25, 0.3) is 5.91 Å². The number of nitrogens with one attached hydrogen (secondary N) is 1. The van der Waals surface area contributed by atoms with Gasteiger partial charge in [0.2, 0.25) is 0 Å². The van der Waals surface area contributed by atoms with E-state index >= 15 is 0 Å². The number of hydrogen-bond acceptors (Lipinski definition) is 4. The molecule has 6 nitrogen and oxygen atoms in total. The van der Waals surface area contributed by atoms with Crippen molar-refractivity contribution in [1.82, 2.24) is 0 Å². The van der Waals surface area contributed by atoms with Crippen molar-refractivity contribution in [2.24, 2.45) is 0 Å². The van der Waals surface area contributed by atoms with Crippen LogP contribution in [0.3, 0.4) is 0 Å². The highest BCUT2D eigenvalue weighted by molar-refractivity contribution is 5.92. The van der Waals surface area contributed by atoms with Gasteiger partial charge in [0.15, 0.2) is 12.4 Å². The van der Waals surface area contributed by atoms with Gasteiger partial charge >= 0.3 is 5.69 Å². The monoisotopic (exact) mass is 326 g/mol. The number of hydrogen-bond donors (Lipinski definition) is 1. The molecule has 1 amide bonds. The Labute approximate surface area is 139 Å². The third-order valence-electron chi connectivity index (χ3n) is 4.05. The number of rotatable bonds is 5. The molecule has 0 spiro atoms. The second-order valence-corrected chi connectivity index (χ2v) is 5.90. The average Bonchev–Trinajstić information content (AvgIpc) is 3.01. The summed E-state index contributed by atoms with van der Waals surface area (Å²) >= 11 is 0. The minimum atomic E-state index is -0.513. The van der Waals surface area contributed by atoms with Gasteiger partial charge in [0.05, 0.1) is 4.92 Å². The first-order valence-electron chi connectivity index (χ1n) is 7.82. The molecule has 1 N–H and O–H groups in total. The second-order valence-electron chi connectivity index (χ2n) is 5.90. The number of amides is 1. The predicted molar refractivity (Wildman–Crippen MR) is 90.4 cm³/mol. The van der Waals surface area contributed by atoms with Crippen LogP contribution in [-0.4, -0.2) is 17.4 Å². The van der Waals surface area contributed by atoms with Crippen molar-refractivity contribution in [2.45, 2.75) is 26.2 Å². The number of anilines is 1. The summed E-state index contributed by atoms with van der Waals surface area (Å²) in [6, 6.07) is 10.5. The number of carbonyl (C=O) groups is 1. The van der Waals surface area contributed by atoms with Crippen molar-refractivity contribution in [1.29, 1.82) is 0 Å². The van der Waals surface area contributed by atoms with Crippen molar-refractivity contribution in [2.75, 3.05) is 11.9 Å². The van der Waals surface area contributed by atoms with E-state index in [1.165, 1.54) is 23.3 Å². The smallest absolute Gasteiger partial charge is 0.311 e. The van der Waals surface area contributed by atoms with Crippen LogP contribution < -0.4 is 10.1 Å². The fourth-order valence-electron chi connectivity index (χ4n) is 2.88. The van der Waals surface area contributed by atoms with Crippen LogP contribution in [0, 0.1) is 17.0 Å². The molecule has 1 aliphatic carbocycles. The van der Waals surface area contributed by atoms with Crippen LogP contribution in [0.15, 0.2) is 36.4 Å². The van der Waals surface area contributed by atoms with Gasteiger partial charge in [-0.25, -0.2) is 0 Å². The van der Waals surface area contributed by atoms with Crippen molar-refractivity contribution < 1.29 is 14.5 Å². The van der Waals surface area contributed by atoms with Gasteiger partial charge in [-0.3, -0.25) is 14.9 Å². The molecular weight excluding hydrogens is 308 g/mol. The van der Waals surface area contributed by atoms with Crippen LogP contribution in [0.25, 0.3) is 0 Å². The molecule has 0 aliphatic heterocycles. The Morgan fingerprint density at radius 2 is 2.00 bits per heavy atom. The fraction of sp³-hybridized carbons (Fsp3) is 0.278. The third-order valence-corrected chi connectivity index (χ3v) is 4.05. The molecule has 0 bridgehead atoms. The lowest BCUT2D eigenvalue weighted by Crippen LogP contribution is -2.20. The van der Waals surface area contributed by atoms with Crippen molar-refractivity contribution in [3.05, 3.63) is 63.2 Å². The van der Waals surface area contributed by atoms with Crippen LogP contribution in [0.2, 0.25) is 0 Å². The quantitative estimate of drug-likeness (QED) is 0.674. The third kappa shape index (κ3) is 3.53. The number of nitrogens with zero attached hydrogens (tertiary/aromatic N) is 1. The number of nitro benzene ring substituents is 1. The normalized spacial score (nSPS) is 12.5. The van der Waals surface area contributed by atoms with Gasteiger partial charge in [-0.2, -0.15) is 0 Å². The summed E-state index contributed by atoms with van der Waals surface area (Å²) < 4.78 is 5.33. The van der Waals surface area contributed by atoms with E-state index in [0.29, 0.717) is 0 Å². The van der Waals surface area contributed by atoms with E-state index in [0.717, 1.165) is 30.5 Å². The fourth-order valence-corrected chi connectivity index (χ4v) is 2.88. The number of aryl methyl sites for hydroxylation is 3. The standard InChI is InChI=1S/C18H18N2O4/c1-12-5-8-17(16(9-12)20(22)23)24-11-18(21)19-15-7-6-13-3-2-4-14(13)10-15/h5-10H,2-4,11H2,1H3,(H,19,21). The Morgan fingerprint density at radius 3 is 2.79 bits per heavy atom. The van der Waals surface area contributed by atoms with E-state index < -0.39 is 4.92 Å². The summed E-state index contributed by atoms with van der Waals surface area (Å²) in [6.45, 7) is 1.48. The summed E-state index contributed by atoms with van der Waals surface area (Å²) in [4.78, 5) is 22.6. The SMILES string of the molecule is Cc1ccc(OCC(=O)Nc2ccc3c(c2)CCC3)c([N+](=O)[O-])c1. The van der Waals surface area contributed by atoms with E-state index in [2.05, 4.69) is 5.32 Å². The van der Waals surface area contributed by atoms with E-state index in [4.69, 9.17) is 4.74 Å². The summed E-state index contributed by atoms with van der Waals surface area (Å²) in [5.41, 5.74) is 3.95. The van der Waals surface area contributed by atoms with Gasteiger partial charge in [-0.1, -0.05) is 12.1 Å². The lowest BCUT2D eigenvalue weighted by Gasteiger charge is -2.09. The summed E-state index contributed by atoms with van der Waals surface area (Å²) in [7, 11) is 0. The predicted octanol–water partition coefficient (Wildman–Crippen LogP) is 3.41. The average molecular weight is 326 g/mol. The molecule has 0 atom stereocenters. The summed E-state index contributed by atoms with van der Waals surface area (Å²) in [5, 5.41) is 13.8. The molecule has 1 aliphatic rings. The minimum Gasteiger partial charge on any atom is -0.477 e. The molecule has 2 aromatic rings. The largest absolute Gasteiger partial charge is 0.477 e. The van der Waals surface area contributed by atoms with Crippen LogP contribution in [0.4, 0.5) is 11.4 Å². The molecule has 6 heteroatoms. The Balaban J connectivity index is 1.63. The van der Waals surface area contributed by atoms with Crippen molar-refractivity contribution in [3.8, 4) is 5.75 Å². The highest BCUT2D eigenvalue weighted by atomic mass is 16.6. The number of carbonyl (C=O) groups excluding carboxylic acids is 1. The lowest BCUT2D eigenvalue weighted by molar-refractivity contribution is -0.385. The topological polar surface area (TPSA) is 81.5 Å². The van der Waals surface area contributed by atoms with Crippen LogP contribution in [0.1, 0.15) is 23.1 Å². The molecule has 0 saturated carbocycles. The molecule has 24 heavy (non-hydrogen) atoms. The summed E-state index contributed by atoms with van der Waals surface area (Å²) in [6.07, 6.45) is 3.27. The minimum absolute atomic E-state index is 0.0923. The van der Waals surface area contributed by atoms with E-state index in [9.17, 15) is 14.9 Å². The van der Waals surface area contributed by atoms with Crippen LogP contribution in [-0.2, 0) is 17.6 Å². The molecular formula is C18H18N2O4. The maximum Gasteiger partial charge on any atom is 0.311 e. The maximum atomic E-state index is 12.0. The second kappa shape index (κ2) is 6.70. The summed E-state index contributed by atoms with van der Waals surface area (Å²) in [5.74, 6) is -0.252. The Bertz CT molecular complexity index is 802. The van der Waals surface area contributed by atoms with Gasteiger partial charge in [-0.05, 0) is 61.1 Å². The van der Waals surface area contributed by atoms with Crippen LogP contribution in [0.5, 0.6) is 5.75 Å². The van der Waals surface area contributed by atoms with E-state index in [1.54, 1.807) is 13.0 Å². The molecule has 0 unspecified atom stereocenters. The lowest BCUT2D eigenvalue weighted by atomic mass is 10.1. The molecule has 2 aromatic carbocycles. The molecule has 124 valence electrons. The molecule has 3 rings (SSSR count). The zero-order chi connectivity index (χ0) is 17.1. The van der Waals surface area contributed by atoms with Gasteiger partial charge in [-0.15, -0.1) is 0 Å². The number of ether oxygens (including phenoxy) is 1. The highest BCUT2D eigenvalue weighted by Gasteiger charge is 2.17. The molecule has 0 saturated heterocycles. The van der Waals surface area contributed by atoms with Crippen molar-refractivity contribution in [3.63, 3.8) is 0 Å². The van der Waals surface area contributed by atoms with Gasteiger partial charge in [0.1, 0.15) is 0 Å². The first-order valence-corrected chi connectivity index (χ1v) is 7.82. The molecule has 0 aromatic heterocycles.